The smallest absolute Gasteiger partial charge is 0.220 e. The number of nitrogens with zero attached hydrogens (tertiary/aromatic N) is 6. The van der Waals surface area contributed by atoms with Crippen LogP contribution >= 0.6 is 0 Å². The number of nitrogens with one attached hydrogen (secondary N) is 1. The van der Waals surface area contributed by atoms with Crippen LogP contribution in [0.3, 0.4) is 0 Å². The van der Waals surface area contributed by atoms with Gasteiger partial charge in [-0.05, 0) is 49.7 Å². The van der Waals surface area contributed by atoms with Gasteiger partial charge in [0.25, 0.3) is 0 Å². The number of hydrogen-bond acceptors (Lipinski definition) is 5. The summed E-state index contributed by atoms with van der Waals surface area (Å²) in [5.41, 5.74) is 21.8. The molecule has 0 aliphatic heterocycles. The Labute approximate surface area is 135 Å². The molecule has 3 N–H and O–H groups in total. The van der Waals surface area contributed by atoms with Crippen molar-refractivity contribution in [1.82, 2.24) is 5.32 Å². The minimum Gasteiger partial charge on any atom is -0.346 e. The molecule has 0 aromatic heterocycles. The summed E-state index contributed by atoms with van der Waals surface area (Å²) < 4.78 is 0. The largest absolute Gasteiger partial charge is 0.346 e. The molecule has 0 unspecified atom stereocenters. The van der Waals surface area contributed by atoms with Crippen molar-refractivity contribution in [3.05, 3.63) is 20.9 Å². The highest BCUT2D eigenvalue weighted by Crippen LogP contribution is 2.07. The first-order chi connectivity index (χ1) is 11.2. The lowest BCUT2D eigenvalue weighted by Gasteiger charge is -2.17. The maximum Gasteiger partial charge on any atom is 0.220 e. The maximum atomic E-state index is 12.2. The molecule has 0 spiro atoms. The first-order valence-electron chi connectivity index (χ1n) is 7.69. The number of amides is 1. The van der Waals surface area contributed by atoms with Gasteiger partial charge in [0.1, 0.15) is 0 Å². The molecule has 0 saturated heterocycles. The van der Waals surface area contributed by atoms with Crippen molar-refractivity contribution in [1.29, 1.82) is 0 Å². The Kier molecular flexibility index (Phi) is 13.2. The molecule has 0 heterocycles. The Bertz CT molecular complexity index is 455. The van der Waals surface area contributed by atoms with Crippen LogP contribution in [0.2, 0.25) is 0 Å². The zero-order valence-corrected chi connectivity index (χ0v) is 13.2. The second-order valence-corrected chi connectivity index (χ2v) is 4.99. The van der Waals surface area contributed by atoms with Gasteiger partial charge in [-0.3, -0.25) is 9.59 Å². The topological polar surface area (TPSA) is 170 Å². The second-order valence-electron chi connectivity index (χ2n) is 4.99. The third-order valence-corrected chi connectivity index (χ3v) is 3.17. The quantitative estimate of drug-likeness (QED) is 0.216. The van der Waals surface area contributed by atoms with Crippen LogP contribution in [0, 0.1) is 0 Å². The highest BCUT2D eigenvalue weighted by molar-refractivity contribution is 5.89. The van der Waals surface area contributed by atoms with Crippen molar-refractivity contribution in [2.45, 2.75) is 51.0 Å². The van der Waals surface area contributed by atoms with Crippen molar-refractivity contribution in [2.24, 2.45) is 16.0 Å². The monoisotopic (exact) mass is 324 g/mol. The van der Waals surface area contributed by atoms with Gasteiger partial charge in [0.05, 0.1) is 6.04 Å². The molecule has 10 heteroatoms. The van der Waals surface area contributed by atoms with E-state index in [0.29, 0.717) is 38.8 Å². The Morgan fingerprint density at radius 3 is 2.35 bits per heavy atom. The van der Waals surface area contributed by atoms with Gasteiger partial charge >= 0.3 is 0 Å². The van der Waals surface area contributed by atoms with Crippen LogP contribution in [0.25, 0.3) is 20.9 Å². The van der Waals surface area contributed by atoms with E-state index in [2.05, 4.69) is 25.4 Å². The van der Waals surface area contributed by atoms with Gasteiger partial charge in [-0.2, -0.15) is 0 Å². The molecule has 0 radical (unpaired) electrons. The maximum absolute atomic E-state index is 12.2. The van der Waals surface area contributed by atoms with E-state index in [1.165, 1.54) is 0 Å². The van der Waals surface area contributed by atoms with Gasteiger partial charge < -0.3 is 11.1 Å². The van der Waals surface area contributed by atoms with Gasteiger partial charge in [-0.1, -0.05) is 10.2 Å². The van der Waals surface area contributed by atoms with Gasteiger partial charge in [0, 0.05) is 35.8 Å². The number of unbranched alkanes of at least 4 members (excludes halogenated alkanes) is 2. The van der Waals surface area contributed by atoms with E-state index in [0.717, 1.165) is 12.8 Å². The summed E-state index contributed by atoms with van der Waals surface area (Å²) in [4.78, 5) is 29.2. The molecule has 0 aromatic rings. The Hall–Kier alpha value is -2.28. The molecule has 0 bridgehead atoms. The van der Waals surface area contributed by atoms with E-state index in [1.54, 1.807) is 0 Å². The first kappa shape index (κ1) is 20.7. The molecule has 0 aliphatic carbocycles. The molecule has 0 rings (SSSR count). The summed E-state index contributed by atoms with van der Waals surface area (Å²) in [6.07, 6.45) is 3.71. The number of rotatable bonds is 14. The fourth-order valence-corrected chi connectivity index (χ4v) is 1.97. The SMILES string of the molecule is [N-]=[N+]=NCCCCC(=O)[C@H](CCCCN)NC(=O)CCN=[N+]=[N-]. The summed E-state index contributed by atoms with van der Waals surface area (Å²) in [7, 11) is 0. The molecule has 23 heavy (non-hydrogen) atoms. The molecule has 0 aromatic carbocycles. The van der Waals surface area contributed by atoms with Crippen LogP contribution in [0.4, 0.5) is 0 Å². The lowest BCUT2D eigenvalue weighted by Crippen LogP contribution is -2.41. The highest BCUT2D eigenvalue weighted by atomic mass is 16.2. The lowest BCUT2D eigenvalue weighted by atomic mass is 10.0. The van der Waals surface area contributed by atoms with Crippen molar-refractivity contribution in [3.63, 3.8) is 0 Å². The van der Waals surface area contributed by atoms with E-state index in [-0.39, 0.29) is 24.7 Å². The predicted molar refractivity (Wildman–Crippen MR) is 86.3 cm³/mol. The average molecular weight is 324 g/mol. The van der Waals surface area contributed by atoms with E-state index in [4.69, 9.17) is 16.8 Å². The Morgan fingerprint density at radius 1 is 1.00 bits per heavy atom. The molecule has 0 aliphatic rings. The van der Waals surface area contributed by atoms with Crippen molar-refractivity contribution >= 4 is 11.7 Å². The van der Waals surface area contributed by atoms with Crippen molar-refractivity contribution < 1.29 is 9.59 Å². The summed E-state index contributed by atoms with van der Waals surface area (Å²) in [6, 6.07) is -0.542. The van der Waals surface area contributed by atoms with Crippen molar-refractivity contribution in [3.8, 4) is 0 Å². The normalized spacial score (nSPS) is 11.0. The second kappa shape index (κ2) is 14.6. The van der Waals surface area contributed by atoms with Gasteiger partial charge in [0.2, 0.25) is 5.91 Å². The molecular formula is C13H24N8O2. The molecule has 1 atom stereocenters. The lowest BCUT2D eigenvalue weighted by molar-refractivity contribution is -0.128. The van der Waals surface area contributed by atoms with Gasteiger partial charge in [0.15, 0.2) is 5.78 Å². The zero-order valence-electron chi connectivity index (χ0n) is 13.2. The highest BCUT2D eigenvalue weighted by Gasteiger charge is 2.19. The average Bonchev–Trinajstić information content (AvgIpc) is 2.54. The summed E-state index contributed by atoms with van der Waals surface area (Å²) in [6.45, 7) is 0.969. The van der Waals surface area contributed by atoms with Crippen LogP contribution in [0.5, 0.6) is 0 Å². The van der Waals surface area contributed by atoms with Crippen LogP contribution in [-0.4, -0.2) is 37.4 Å². The summed E-state index contributed by atoms with van der Waals surface area (Å²) in [5.74, 6) is -0.349. The third-order valence-electron chi connectivity index (χ3n) is 3.17. The fraction of sp³-hybridized carbons (Fsp3) is 0.846. The molecule has 128 valence electrons. The molecular weight excluding hydrogens is 300 g/mol. The molecule has 0 saturated carbocycles. The minimum atomic E-state index is -0.542. The third kappa shape index (κ3) is 12.0. The summed E-state index contributed by atoms with van der Waals surface area (Å²) >= 11 is 0. The minimum absolute atomic E-state index is 0.0416. The van der Waals surface area contributed by atoms with Crippen LogP contribution < -0.4 is 11.1 Å². The predicted octanol–water partition coefficient (Wildman–Crippen LogP) is 2.35. The van der Waals surface area contributed by atoms with Crippen molar-refractivity contribution in [2.75, 3.05) is 19.6 Å². The van der Waals surface area contributed by atoms with Gasteiger partial charge in [-0.25, -0.2) is 0 Å². The van der Waals surface area contributed by atoms with E-state index in [1.807, 2.05) is 0 Å². The summed E-state index contributed by atoms with van der Waals surface area (Å²) in [5, 5.41) is 9.40. The molecule has 0 fully saturated rings. The number of carbonyl (C=O) groups is 2. The van der Waals surface area contributed by atoms with E-state index >= 15 is 0 Å². The number of azide groups is 2. The number of Topliss-reactive ketones (excluding diaryl/α,β-unsaturated/α-hetero) is 1. The first-order valence-corrected chi connectivity index (χ1v) is 7.69. The van der Waals surface area contributed by atoms with Crippen LogP contribution in [0.1, 0.15) is 44.9 Å². The number of ketones is 1. The van der Waals surface area contributed by atoms with Crippen LogP contribution in [0.15, 0.2) is 10.2 Å². The van der Waals surface area contributed by atoms with Crippen LogP contribution in [-0.2, 0) is 9.59 Å². The van der Waals surface area contributed by atoms with E-state index in [9.17, 15) is 9.59 Å². The fourth-order valence-electron chi connectivity index (χ4n) is 1.97. The Morgan fingerprint density at radius 2 is 1.70 bits per heavy atom. The number of carbonyl (C=O) groups excluding carboxylic acids is 2. The molecule has 10 nitrogen and oxygen atoms in total. The zero-order chi connectivity index (χ0) is 17.3. The Balaban J connectivity index is 4.34. The van der Waals surface area contributed by atoms with E-state index < -0.39 is 6.04 Å². The van der Waals surface area contributed by atoms with Gasteiger partial charge in [-0.15, -0.1) is 0 Å². The standard InChI is InChI=1S/C13H24N8O2/c14-8-3-1-5-11(19-13(23)7-10-18-21-16)12(22)6-2-4-9-17-20-15/h11H,1-10,14H2,(H,19,23)/t11-/m0/s1. The number of hydrogen-bond donors (Lipinski definition) is 2. The molecule has 1 amide bonds. The number of nitrogens with two attached hydrogens (primary N) is 1.